The van der Waals surface area contributed by atoms with Crippen LogP contribution >= 0.6 is 11.3 Å². The molecule has 0 saturated carbocycles. The van der Waals surface area contributed by atoms with E-state index < -0.39 is 5.60 Å². The molecule has 0 bridgehead atoms. The van der Waals surface area contributed by atoms with Crippen LogP contribution in [-0.2, 0) is 9.47 Å². The summed E-state index contributed by atoms with van der Waals surface area (Å²) in [7, 11) is 0. The van der Waals surface area contributed by atoms with E-state index >= 15 is 0 Å². The van der Waals surface area contributed by atoms with Crippen LogP contribution in [0.2, 0.25) is 0 Å². The van der Waals surface area contributed by atoms with Gasteiger partial charge in [0.2, 0.25) is 0 Å². The van der Waals surface area contributed by atoms with Crippen LogP contribution in [0.1, 0.15) is 39.3 Å². The van der Waals surface area contributed by atoms with Gasteiger partial charge in [0.05, 0.1) is 19.3 Å². The Balaban J connectivity index is 1.90. The van der Waals surface area contributed by atoms with Crippen LogP contribution in [-0.4, -0.2) is 48.9 Å². The van der Waals surface area contributed by atoms with E-state index in [1.54, 1.807) is 16.2 Å². The molecule has 5 nitrogen and oxygen atoms in total. The van der Waals surface area contributed by atoms with E-state index in [9.17, 15) is 4.79 Å². The summed E-state index contributed by atoms with van der Waals surface area (Å²) in [5, 5.41) is 7.69. The second-order valence-electron chi connectivity index (χ2n) is 6.59. The lowest BCUT2D eigenvalue weighted by Gasteiger charge is -2.37. The fourth-order valence-corrected chi connectivity index (χ4v) is 3.09. The van der Waals surface area contributed by atoms with Crippen molar-refractivity contribution in [2.45, 2.75) is 45.4 Å². The van der Waals surface area contributed by atoms with E-state index in [0.29, 0.717) is 26.3 Å². The van der Waals surface area contributed by atoms with Gasteiger partial charge in [-0.1, -0.05) is 0 Å². The zero-order valence-corrected chi connectivity index (χ0v) is 14.6. The van der Waals surface area contributed by atoms with Gasteiger partial charge in [0.1, 0.15) is 5.60 Å². The van der Waals surface area contributed by atoms with Crippen molar-refractivity contribution < 1.29 is 14.3 Å². The highest BCUT2D eigenvalue weighted by Gasteiger charge is 2.31. The summed E-state index contributed by atoms with van der Waals surface area (Å²) in [5.41, 5.74) is 0.794. The molecule has 0 aliphatic carbocycles. The maximum atomic E-state index is 12.3. The van der Waals surface area contributed by atoms with Crippen molar-refractivity contribution in [1.82, 2.24) is 10.2 Å². The van der Waals surface area contributed by atoms with Gasteiger partial charge in [-0.15, -0.1) is 0 Å². The van der Waals surface area contributed by atoms with Crippen molar-refractivity contribution in [2.75, 3.05) is 26.3 Å². The van der Waals surface area contributed by atoms with Gasteiger partial charge in [0, 0.05) is 19.1 Å². The summed E-state index contributed by atoms with van der Waals surface area (Å²) >= 11 is 1.69. The molecule has 1 aromatic heterocycles. The maximum absolute atomic E-state index is 12.3. The number of nitrogens with zero attached hydrogens (tertiary/aromatic N) is 1. The molecule has 6 heteroatoms. The van der Waals surface area contributed by atoms with Crippen LogP contribution in [0.4, 0.5) is 4.79 Å². The zero-order chi connectivity index (χ0) is 16.2. The van der Waals surface area contributed by atoms with E-state index in [0.717, 1.165) is 0 Å². The van der Waals surface area contributed by atoms with Gasteiger partial charge in [-0.25, -0.2) is 4.79 Å². The molecule has 1 aliphatic rings. The number of rotatable bonds is 4. The first-order valence-electron chi connectivity index (χ1n) is 7.69. The van der Waals surface area contributed by atoms with Crippen molar-refractivity contribution >= 4 is 17.4 Å². The monoisotopic (exact) mass is 326 g/mol. The van der Waals surface area contributed by atoms with E-state index in [1.165, 1.54) is 5.56 Å². The smallest absolute Gasteiger partial charge is 0.410 e. The van der Waals surface area contributed by atoms with Gasteiger partial charge in [-0.2, -0.15) is 11.3 Å². The van der Waals surface area contributed by atoms with Crippen LogP contribution in [0, 0.1) is 0 Å². The number of hydrogen-bond donors (Lipinski definition) is 1. The van der Waals surface area contributed by atoms with Gasteiger partial charge in [-0.3, -0.25) is 4.90 Å². The first-order valence-corrected chi connectivity index (χ1v) is 8.64. The Morgan fingerprint density at radius 2 is 2.36 bits per heavy atom. The average molecular weight is 326 g/mol. The first-order chi connectivity index (χ1) is 10.4. The molecule has 1 aliphatic heterocycles. The number of ether oxygens (including phenoxy) is 2. The van der Waals surface area contributed by atoms with E-state index in [-0.39, 0.29) is 18.2 Å². The van der Waals surface area contributed by atoms with Gasteiger partial charge < -0.3 is 14.8 Å². The number of carbonyl (C=O) groups is 1. The third-order valence-electron chi connectivity index (χ3n) is 3.56. The Morgan fingerprint density at radius 1 is 1.59 bits per heavy atom. The Bertz CT molecular complexity index is 470. The summed E-state index contributed by atoms with van der Waals surface area (Å²) in [6.07, 6.45) is -0.259. The molecule has 1 N–H and O–H groups in total. The average Bonchev–Trinajstić information content (AvgIpc) is 2.97. The number of amides is 1. The van der Waals surface area contributed by atoms with Crippen molar-refractivity contribution in [3.8, 4) is 0 Å². The Hall–Kier alpha value is -1.11. The van der Waals surface area contributed by atoms with Gasteiger partial charge >= 0.3 is 6.09 Å². The van der Waals surface area contributed by atoms with Crippen LogP contribution in [0.25, 0.3) is 0 Å². The van der Waals surface area contributed by atoms with Crippen molar-refractivity contribution in [2.24, 2.45) is 0 Å². The molecule has 0 spiro atoms. The summed E-state index contributed by atoms with van der Waals surface area (Å²) in [6.45, 7) is 10.2. The summed E-state index contributed by atoms with van der Waals surface area (Å²) in [6, 6.07) is 2.38. The molecule has 124 valence electrons. The molecule has 1 aromatic rings. The molecular weight excluding hydrogens is 300 g/mol. The minimum Gasteiger partial charge on any atom is -0.444 e. The molecule has 22 heavy (non-hydrogen) atoms. The van der Waals surface area contributed by atoms with Gasteiger partial charge in [0.15, 0.2) is 0 Å². The maximum Gasteiger partial charge on any atom is 0.410 e. The second kappa shape index (κ2) is 7.44. The highest BCUT2D eigenvalue weighted by atomic mass is 32.1. The predicted molar refractivity (Wildman–Crippen MR) is 88.3 cm³/mol. The Morgan fingerprint density at radius 3 is 3.00 bits per heavy atom. The quantitative estimate of drug-likeness (QED) is 0.924. The molecule has 2 unspecified atom stereocenters. The standard InChI is InChI=1S/C16H26N2O3S/c1-12(13-5-8-22-11-13)17-9-14-10-20-7-6-18(14)15(19)21-16(2,3)4/h5,8,11-12,14,17H,6-7,9-10H2,1-4H3. The molecule has 0 aromatic carbocycles. The third-order valence-corrected chi connectivity index (χ3v) is 4.26. The molecule has 1 saturated heterocycles. The molecule has 0 radical (unpaired) electrons. The van der Waals surface area contributed by atoms with Crippen LogP contribution in [0.15, 0.2) is 16.8 Å². The van der Waals surface area contributed by atoms with E-state index in [4.69, 9.17) is 9.47 Å². The first kappa shape index (κ1) is 17.2. The lowest BCUT2D eigenvalue weighted by molar-refractivity contribution is -0.0321. The molecular formula is C16H26N2O3S. The fraction of sp³-hybridized carbons (Fsp3) is 0.688. The lowest BCUT2D eigenvalue weighted by Crippen LogP contribution is -2.54. The van der Waals surface area contributed by atoms with Gasteiger partial charge in [-0.05, 0) is 50.1 Å². The number of nitrogens with one attached hydrogen (secondary N) is 1. The third kappa shape index (κ3) is 4.97. The van der Waals surface area contributed by atoms with Crippen molar-refractivity contribution in [3.05, 3.63) is 22.4 Å². The predicted octanol–water partition coefficient (Wildman–Crippen LogP) is 3.03. The minimum absolute atomic E-state index is 0.00434. The second-order valence-corrected chi connectivity index (χ2v) is 7.37. The molecule has 2 rings (SSSR count). The SMILES string of the molecule is CC(NCC1COCCN1C(=O)OC(C)(C)C)c1ccsc1. The minimum atomic E-state index is -0.475. The van der Waals surface area contributed by atoms with E-state index in [2.05, 4.69) is 29.1 Å². The fourth-order valence-electron chi connectivity index (χ4n) is 2.34. The van der Waals surface area contributed by atoms with Gasteiger partial charge in [0.25, 0.3) is 0 Å². The summed E-state index contributed by atoms with van der Waals surface area (Å²) in [4.78, 5) is 14.1. The normalized spacial score (nSPS) is 20.7. The highest BCUT2D eigenvalue weighted by molar-refractivity contribution is 7.07. The summed E-state index contributed by atoms with van der Waals surface area (Å²) in [5.74, 6) is 0. The Labute approximate surface area is 136 Å². The largest absolute Gasteiger partial charge is 0.444 e. The topological polar surface area (TPSA) is 50.8 Å². The van der Waals surface area contributed by atoms with Crippen LogP contribution in [0.3, 0.4) is 0 Å². The Kier molecular flexibility index (Phi) is 5.83. The molecule has 1 fully saturated rings. The summed E-state index contributed by atoms with van der Waals surface area (Å²) < 4.78 is 11.0. The zero-order valence-electron chi connectivity index (χ0n) is 13.8. The van der Waals surface area contributed by atoms with Crippen LogP contribution < -0.4 is 5.32 Å². The molecule has 2 atom stereocenters. The number of carbonyl (C=O) groups excluding carboxylic acids is 1. The molecule has 1 amide bonds. The molecule has 2 heterocycles. The number of morpholine rings is 1. The highest BCUT2D eigenvalue weighted by Crippen LogP contribution is 2.17. The van der Waals surface area contributed by atoms with Crippen molar-refractivity contribution in [1.29, 1.82) is 0 Å². The van der Waals surface area contributed by atoms with Crippen molar-refractivity contribution in [3.63, 3.8) is 0 Å². The lowest BCUT2D eigenvalue weighted by atomic mass is 10.1. The number of thiophene rings is 1. The van der Waals surface area contributed by atoms with E-state index in [1.807, 2.05) is 20.8 Å². The number of hydrogen-bond acceptors (Lipinski definition) is 5. The van der Waals surface area contributed by atoms with Crippen LogP contribution in [0.5, 0.6) is 0 Å².